The molecule has 2 aliphatic rings. The summed E-state index contributed by atoms with van der Waals surface area (Å²) in [5, 5.41) is 2.59. The number of benzene rings is 1. The molecule has 2 atom stereocenters. The van der Waals surface area contributed by atoms with Crippen LogP contribution in [-0.4, -0.2) is 68.7 Å². The van der Waals surface area contributed by atoms with E-state index in [2.05, 4.69) is 5.32 Å². The predicted octanol–water partition coefficient (Wildman–Crippen LogP) is 1.05. The summed E-state index contributed by atoms with van der Waals surface area (Å²) in [4.78, 5) is 40.6. The standard InChI is InChI=1S/C20H26FN3O4S/c1-14(25)22-20(8-11-23(12-9-20)15(2)26)19(27)24-10-7-18(13-24)29(28)17-5-3-16(21)4-6-17/h3-6,18H,7-13H2,1-2H3,(H,22,25). The maximum atomic E-state index is 13.3. The fourth-order valence-corrected chi connectivity index (χ4v) is 5.51. The maximum Gasteiger partial charge on any atom is 0.248 e. The molecule has 2 saturated heterocycles. The summed E-state index contributed by atoms with van der Waals surface area (Å²) >= 11 is 0. The van der Waals surface area contributed by atoms with Gasteiger partial charge in [0.15, 0.2) is 0 Å². The number of nitrogens with zero attached hydrogens (tertiary/aromatic N) is 2. The molecule has 158 valence electrons. The average molecular weight is 424 g/mol. The summed E-state index contributed by atoms with van der Waals surface area (Å²) in [5.41, 5.74) is -1.04. The summed E-state index contributed by atoms with van der Waals surface area (Å²) in [5.74, 6) is -0.914. The molecule has 0 spiro atoms. The third kappa shape index (κ3) is 4.66. The van der Waals surface area contributed by atoms with Crippen LogP contribution in [0.3, 0.4) is 0 Å². The van der Waals surface area contributed by atoms with Gasteiger partial charge in [0.1, 0.15) is 11.4 Å². The van der Waals surface area contributed by atoms with Crippen LogP contribution in [0, 0.1) is 5.82 Å². The summed E-state index contributed by atoms with van der Waals surface area (Å²) in [6.45, 7) is 4.45. The Hall–Kier alpha value is -2.29. The van der Waals surface area contributed by atoms with E-state index in [0.717, 1.165) is 0 Å². The van der Waals surface area contributed by atoms with Crippen molar-refractivity contribution in [2.24, 2.45) is 0 Å². The Morgan fingerprint density at radius 2 is 1.69 bits per heavy atom. The molecule has 2 fully saturated rings. The predicted molar refractivity (Wildman–Crippen MR) is 106 cm³/mol. The van der Waals surface area contributed by atoms with Crippen LogP contribution in [0.25, 0.3) is 0 Å². The Kier molecular flexibility index (Phi) is 6.36. The SMILES string of the molecule is CC(=O)NC1(C(=O)N2CCC(S(=O)c3ccc(F)cc3)C2)CCN(C(C)=O)CC1. The molecule has 0 radical (unpaired) electrons. The molecule has 0 aliphatic carbocycles. The lowest BCUT2D eigenvalue weighted by molar-refractivity contribution is -0.145. The van der Waals surface area contributed by atoms with E-state index in [1.807, 2.05) is 0 Å². The van der Waals surface area contributed by atoms with Gasteiger partial charge in [-0.15, -0.1) is 0 Å². The Labute approximate surface area is 172 Å². The average Bonchev–Trinajstić information content (AvgIpc) is 3.17. The molecule has 1 aromatic carbocycles. The van der Waals surface area contributed by atoms with Gasteiger partial charge in [-0.2, -0.15) is 0 Å². The minimum atomic E-state index is -1.35. The molecule has 3 amide bonds. The van der Waals surface area contributed by atoms with Crippen LogP contribution in [0.4, 0.5) is 4.39 Å². The number of carbonyl (C=O) groups is 3. The molecule has 9 heteroatoms. The Morgan fingerprint density at radius 1 is 1.07 bits per heavy atom. The van der Waals surface area contributed by atoms with Crippen LogP contribution >= 0.6 is 0 Å². The van der Waals surface area contributed by atoms with E-state index in [1.165, 1.54) is 38.1 Å². The van der Waals surface area contributed by atoms with Crippen molar-refractivity contribution in [3.63, 3.8) is 0 Å². The fourth-order valence-electron chi connectivity index (χ4n) is 4.08. The lowest BCUT2D eigenvalue weighted by atomic mass is 9.85. The van der Waals surface area contributed by atoms with Gasteiger partial charge in [-0.05, 0) is 43.5 Å². The quantitative estimate of drug-likeness (QED) is 0.784. The highest BCUT2D eigenvalue weighted by atomic mass is 32.2. The van der Waals surface area contributed by atoms with Crippen molar-refractivity contribution in [3.8, 4) is 0 Å². The van der Waals surface area contributed by atoms with Gasteiger partial charge in [0.05, 0.1) is 16.0 Å². The highest BCUT2D eigenvalue weighted by Crippen LogP contribution is 2.29. The van der Waals surface area contributed by atoms with Gasteiger partial charge in [0.25, 0.3) is 0 Å². The first-order chi connectivity index (χ1) is 13.7. The van der Waals surface area contributed by atoms with E-state index in [-0.39, 0.29) is 28.8 Å². The van der Waals surface area contributed by atoms with E-state index in [9.17, 15) is 23.0 Å². The Bertz CT molecular complexity index is 822. The zero-order valence-corrected chi connectivity index (χ0v) is 17.5. The van der Waals surface area contributed by atoms with Crippen LogP contribution in [0.2, 0.25) is 0 Å². The first-order valence-corrected chi connectivity index (χ1v) is 10.9. The Balaban J connectivity index is 1.71. The van der Waals surface area contributed by atoms with Crippen molar-refractivity contribution in [2.45, 2.75) is 48.8 Å². The van der Waals surface area contributed by atoms with Gasteiger partial charge >= 0.3 is 0 Å². The molecular formula is C20H26FN3O4S. The molecule has 1 N–H and O–H groups in total. The topological polar surface area (TPSA) is 86.8 Å². The largest absolute Gasteiger partial charge is 0.343 e. The number of rotatable bonds is 4. The van der Waals surface area contributed by atoms with E-state index >= 15 is 0 Å². The monoisotopic (exact) mass is 423 g/mol. The first kappa shape index (κ1) is 21.4. The van der Waals surface area contributed by atoms with E-state index in [1.54, 1.807) is 9.80 Å². The molecule has 1 aromatic rings. The van der Waals surface area contributed by atoms with Crippen LogP contribution in [0.1, 0.15) is 33.1 Å². The van der Waals surface area contributed by atoms with Crippen molar-refractivity contribution < 1.29 is 23.0 Å². The summed E-state index contributed by atoms with van der Waals surface area (Å²) in [7, 11) is -1.35. The van der Waals surface area contributed by atoms with Crippen molar-refractivity contribution >= 4 is 28.5 Å². The first-order valence-electron chi connectivity index (χ1n) is 9.71. The van der Waals surface area contributed by atoms with Crippen LogP contribution in [0.15, 0.2) is 29.2 Å². The highest BCUT2D eigenvalue weighted by molar-refractivity contribution is 7.85. The third-order valence-electron chi connectivity index (χ3n) is 5.67. The van der Waals surface area contributed by atoms with Gasteiger partial charge in [-0.25, -0.2) is 4.39 Å². The molecule has 0 saturated carbocycles. The lowest BCUT2D eigenvalue weighted by Crippen LogP contribution is -2.63. The fraction of sp³-hybridized carbons (Fsp3) is 0.550. The maximum absolute atomic E-state index is 13.3. The van der Waals surface area contributed by atoms with Crippen LogP contribution in [-0.2, 0) is 25.2 Å². The van der Waals surface area contributed by atoms with Crippen molar-refractivity contribution in [2.75, 3.05) is 26.2 Å². The molecule has 2 aliphatic heterocycles. The summed E-state index contributed by atoms with van der Waals surface area (Å²) in [6, 6.07) is 5.57. The minimum Gasteiger partial charge on any atom is -0.343 e. The van der Waals surface area contributed by atoms with Gasteiger partial charge in [0, 0.05) is 44.9 Å². The summed E-state index contributed by atoms with van der Waals surface area (Å²) < 4.78 is 25.9. The number of carbonyl (C=O) groups excluding carboxylic acids is 3. The molecular weight excluding hydrogens is 397 g/mol. The minimum absolute atomic E-state index is 0.0511. The van der Waals surface area contributed by atoms with Crippen molar-refractivity contribution in [3.05, 3.63) is 30.1 Å². The lowest BCUT2D eigenvalue weighted by Gasteiger charge is -2.42. The second-order valence-corrected chi connectivity index (χ2v) is 9.42. The zero-order chi connectivity index (χ0) is 21.2. The van der Waals surface area contributed by atoms with Crippen molar-refractivity contribution in [1.82, 2.24) is 15.1 Å². The molecule has 0 bridgehead atoms. The number of piperidine rings is 1. The Morgan fingerprint density at radius 3 is 2.24 bits per heavy atom. The molecule has 29 heavy (non-hydrogen) atoms. The molecule has 7 nitrogen and oxygen atoms in total. The second kappa shape index (κ2) is 8.61. The van der Waals surface area contributed by atoms with Gasteiger partial charge in [-0.3, -0.25) is 18.6 Å². The van der Waals surface area contributed by atoms with Gasteiger partial charge in [-0.1, -0.05) is 0 Å². The third-order valence-corrected chi connectivity index (χ3v) is 7.39. The normalized spacial score (nSPS) is 22.2. The van der Waals surface area contributed by atoms with Crippen molar-refractivity contribution in [1.29, 1.82) is 0 Å². The number of hydrogen-bond donors (Lipinski definition) is 1. The molecule has 2 unspecified atom stereocenters. The second-order valence-electron chi connectivity index (χ2n) is 7.68. The molecule has 0 aromatic heterocycles. The molecule has 2 heterocycles. The number of amides is 3. The number of likely N-dealkylation sites (tertiary alicyclic amines) is 2. The van der Waals surface area contributed by atoms with Gasteiger partial charge in [0.2, 0.25) is 17.7 Å². The highest BCUT2D eigenvalue weighted by Gasteiger charge is 2.46. The smallest absolute Gasteiger partial charge is 0.248 e. The van der Waals surface area contributed by atoms with Crippen LogP contribution < -0.4 is 5.32 Å². The van der Waals surface area contributed by atoms with E-state index < -0.39 is 16.3 Å². The van der Waals surface area contributed by atoms with E-state index in [4.69, 9.17) is 0 Å². The zero-order valence-electron chi connectivity index (χ0n) is 16.7. The van der Waals surface area contributed by atoms with Gasteiger partial charge < -0.3 is 15.1 Å². The van der Waals surface area contributed by atoms with Crippen LogP contribution in [0.5, 0.6) is 0 Å². The number of halogens is 1. The number of nitrogens with one attached hydrogen (secondary N) is 1. The number of hydrogen-bond acceptors (Lipinski definition) is 4. The van der Waals surface area contributed by atoms with E-state index in [0.29, 0.717) is 50.3 Å². The summed E-state index contributed by atoms with van der Waals surface area (Å²) in [6.07, 6.45) is 1.28. The molecule has 3 rings (SSSR count).